The molecule has 9 heteroatoms. The Morgan fingerprint density at radius 1 is 1.03 bits per heavy atom. The molecule has 3 amide bonds. The summed E-state index contributed by atoms with van der Waals surface area (Å²) in [6.07, 6.45) is 0.481. The van der Waals surface area contributed by atoms with Gasteiger partial charge in [-0.05, 0) is 29.8 Å². The van der Waals surface area contributed by atoms with E-state index in [9.17, 15) is 14.4 Å². The Labute approximate surface area is 190 Å². The molecule has 0 saturated carbocycles. The SMILES string of the molecule is NC(=O)C1CC(C(=O)Nc2ccc(CC(=O)N3CCSCC3)cc2)=NN1c1ccccc1. The third-order valence-corrected chi connectivity index (χ3v) is 6.40. The summed E-state index contributed by atoms with van der Waals surface area (Å²) in [6, 6.07) is 15.6. The predicted octanol–water partition coefficient (Wildman–Crippen LogP) is 1.86. The quantitative estimate of drug-likeness (QED) is 0.697. The van der Waals surface area contributed by atoms with Gasteiger partial charge in [0.25, 0.3) is 5.91 Å². The fourth-order valence-electron chi connectivity index (χ4n) is 3.70. The minimum absolute atomic E-state index is 0.126. The maximum atomic E-state index is 12.7. The van der Waals surface area contributed by atoms with Crippen molar-refractivity contribution in [3.63, 3.8) is 0 Å². The zero-order valence-electron chi connectivity index (χ0n) is 17.6. The van der Waals surface area contributed by atoms with Crippen LogP contribution >= 0.6 is 11.8 Å². The van der Waals surface area contributed by atoms with Crippen molar-refractivity contribution < 1.29 is 14.4 Å². The lowest BCUT2D eigenvalue weighted by Gasteiger charge is -2.26. The molecule has 2 aliphatic rings. The molecule has 2 aromatic carbocycles. The number of carbonyl (C=O) groups is 3. The van der Waals surface area contributed by atoms with Gasteiger partial charge in [-0.3, -0.25) is 19.4 Å². The normalized spacial score (nSPS) is 18.2. The molecule has 1 saturated heterocycles. The van der Waals surface area contributed by atoms with E-state index in [2.05, 4.69) is 10.4 Å². The summed E-state index contributed by atoms with van der Waals surface area (Å²) in [5.41, 5.74) is 7.95. The van der Waals surface area contributed by atoms with E-state index in [1.807, 2.05) is 59.1 Å². The van der Waals surface area contributed by atoms with Crippen molar-refractivity contribution in [2.45, 2.75) is 18.9 Å². The second kappa shape index (κ2) is 9.86. The van der Waals surface area contributed by atoms with Crippen LogP contribution in [-0.4, -0.2) is 59.0 Å². The number of nitrogens with one attached hydrogen (secondary N) is 1. The summed E-state index contributed by atoms with van der Waals surface area (Å²) in [5.74, 6) is 1.17. The van der Waals surface area contributed by atoms with E-state index >= 15 is 0 Å². The highest BCUT2D eigenvalue weighted by Gasteiger charge is 2.34. The van der Waals surface area contributed by atoms with Gasteiger partial charge in [-0.25, -0.2) is 0 Å². The first-order valence-corrected chi connectivity index (χ1v) is 11.6. The Balaban J connectivity index is 1.39. The van der Waals surface area contributed by atoms with Crippen LogP contribution in [0.3, 0.4) is 0 Å². The molecule has 3 N–H and O–H groups in total. The molecule has 0 bridgehead atoms. The number of rotatable bonds is 6. The molecule has 32 heavy (non-hydrogen) atoms. The van der Waals surface area contributed by atoms with E-state index in [1.165, 1.54) is 5.01 Å². The maximum Gasteiger partial charge on any atom is 0.271 e. The molecule has 0 radical (unpaired) electrons. The van der Waals surface area contributed by atoms with Gasteiger partial charge in [-0.1, -0.05) is 30.3 Å². The van der Waals surface area contributed by atoms with Gasteiger partial charge in [-0.2, -0.15) is 16.9 Å². The first kappa shape index (κ1) is 21.9. The largest absolute Gasteiger partial charge is 0.368 e. The molecule has 0 spiro atoms. The van der Waals surface area contributed by atoms with Crippen molar-refractivity contribution in [3.8, 4) is 0 Å². The van der Waals surface area contributed by atoms with E-state index in [0.29, 0.717) is 17.8 Å². The van der Waals surface area contributed by atoms with Gasteiger partial charge in [0.05, 0.1) is 12.1 Å². The molecule has 2 aliphatic heterocycles. The van der Waals surface area contributed by atoms with Crippen LogP contribution < -0.4 is 16.1 Å². The summed E-state index contributed by atoms with van der Waals surface area (Å²) < 4.78 is 0. The van der Waals surface area contributed by atoms with Crippen LogP contribution in [0.15, 0.2) is 59.7 Å². The second-order valence-corrected chi connectivity index (χ2v) is 8.89. The minimum Gasteiger partial charge on any atom is -0.368 e. The standard InChI is InChI=1S/C23H25N5O3S/c24-22(30)20-15-19(26-28(20)18-4-2-1-3-5-18)23(31)25-17-8-6-16(7-9-17)14-21(29)27-10-12-32-13-11-27/h1-9,20H,10-15H2,(H2,24,30)(H,25,31). The van der Waals surface area contributed by atoms with Crippen LogP contribution in [0.2, 0.25) is 0 Å². The number of amides is 3. The van der Waals surface area contributed by atoms with E-state index in [0.717, 1.165) is 30.2 Å². The van der Waals surface area contributed by atoms with Gasteiger partial charge < -0.3 is 16.0 Å². The Hall–Kier alpha value is -3.33. The van der Waals surface area contributed by atoms with Crippen LogP contribution in [0.5, 0.6) is 0 Å². The number of hydrazone groups is 1. The molecular formula is C23H25N5O3S. The third-order valence-electron chi connectivity index (χ3n) is 5.45. The molecule has 0 aliphatic carbocycles. The van der Waals surface area contributed by atoms with E-state index in [4.69, 9.17) is 5.73 Å². The lowest BCUT2D eigenvalue weighted by molar-refractivity contribution is -0.130. The number of nitrogens with two attached hydrogens (primary N) is 1. The zero-order chi connectivity index (χ0) is 22.5. The summed E-state index contributed by atoms with van der Waals surface area (Å²) >= 11 is 1.87. The number of benzene rings is 2. The first-order chi connectivity index (χ1) is 15.5. The van der Waals surface area contributed by atoms with E-state index in [-0.39, 0.29) is 23.9 Å². The highest BCUT2D eigenvalue weighted by molar-refractivity contribution is 7.99. The van der Waals surface area contributed by atoms with Gasteiger partial charge in [-0.15, -0.1) is 0 Å². The highest BCUT2D eigenvalue weighted by Crippen LogP contribution is 2.25. The molecule has 2 aromatic rings. The number of nitrogens with zero attached hydrogens (tertiary/aromatic N) is 3. The number of carbonyl (C=O) groups excluding carboxylic acids is 3. The van der Waals surface area contributed by atoms with Gasteiger partial charge in [0.1, 0.15) is 11.8 Å². The number of hydrogen-bond donors (Lipinski definition) is 2. The summed E-state index contributed by atoms with van der Waals surface area (Å²) in [4.78, 5) is 39.0. The number of anilines is 2. The number of thioether (sulfide) groups is 1. The average Bonchev–Trinajstić information content (AvgIpc) is 3.28. The summed E-state index contributed by atoms with van der Waals surface area (Å²) in [5, 5.41) is 8.65. The van der Waals surface area contributed by atoms with Crippen molar-refractivity contribution in [3.05, 3.63) is 60.2 Å². The van der Waals surface area contributed by atoms with Crippen molar-refractivity contribution in [2.75, 3.05) is 34.9 Å². The van der Waals surface area contributed by atoms with E-state index < -0.39 is 11.9 Å². The lowest BCUT2D eigenvalue weighted by atomic mass is 10.1. The van der Waals surface area contributed by atoms with Crippen LogP contribution in [0.25, 0.3) is 0 Å². The van der Waals surface area contributed by atoms with Crippen LogP contribution in [0, 0.1) is 0 Å². The molecule has 1 atom stereocenters. The summed E-state index contributed by atoms with van der Waals surface area (Å²) in [7, 11) is 0. The monoisotopic (exact) mass is 451 g/mol. The molecule has 1 fully saturated rings. The maximum absolute atomic E-state index is 12.7. The summed E-state index contributed by atoms with van der Waals surface area (Å²) in [6.45, 7) is 1.60. The Morgan fingerprint density at radius 3 is 2.38 bits per heavy atom. The first-order valence-electron chi connectivity index (χ1n) is 10.5. The third kappa shape index (κ3) is 5.11. The van der Waals surface area contributed by atoms with Gasteiger partial charge in [0, 0.05) is 36.7 Å². The molecule has 166 valence electrons. The fraction of sp³-hybridized carbons (Fsp3) is 0.304. The van der Waals surface area contributed by atoms with Gasteiger partial charge in [0.2, 0.25) is 11.8 Å². The van der Waals surface area contributed by atoms with Crippen molar-refractivity contribution >= 4 is 46.6 Å². The van der Waals surface area contributed by atoms with Crippen molar-refractivity contribution in [1.29, 1.82) is 0 Å². The number of para-hydroxylation sites is 1. The topological polar surface area (TPSA) is 108 Å². The second-order valence-electron chi connectivity index (χ2n) is 7.67. The predicted molar refractivity (Wildman–Crippen MR) is 127 cm³/mol. The molecule has 2 heterocycles. The fourth-order valence-corrected chi connectivity index (χ4v) is 4.60. The lowest BCUT2D eigenvalue weighted by Crippen LogP contribution is -2.39. The minimum atomic E-state index is -0.709. The number of hydrogen-bond acceptors (Lipinski definition) is 6. The molecule has 1 unspecified atom stereocenters. The van der Waals surface area contributed by atoms with E-state index in [1.54, 1.807) is 12.1 Å². The smallest absolute Gasteiger partial charge is 0.271 e. The van der Waals surface area contributed by atoms with Gasteiger partial charge >= 0.3 is 0 Å². The number of primary amides is 1. The van der Waals surface area contributed by atoms with Crippen molar-refractivity contribution in [2.24, 2.45) is 10.8 Å². The van der Waals surface area contributed by atoms with Crippen molar-refractivity contribution in [1.82, 2.24) is 4.90 Å². The average molecular weight is 452 g/mol. The molecule has 0 aromatic heterocycles. The Bertz CT molecular complexity index is 1020. The van der Waals surface area contributed by atoms with Crippen LogP contribution in [-0.2, 0) is 20.8 Å². The molecule has 8 nitrogen and oxygen atoms in total. The molecule has 4 rings (SSSR count). The Morgan fingerprint density at radius 2 is 1.72 bits per heavy atom. The zero-order valence-corrected chi connectivity index (χ0v) is 18.4. The highest BCUT2D eigenvalue weighted by atomic mass is 32.2. The van der Waals surface area contributed by atoms with Crippen LogP contribution in [0.4, 0.5) is 11.4 Å². The Kier molecular flexibility index (Phi) is 6.75. The van der Waals surface area contributed by atoms with Crippen LogP contribution in [0.1, 0.15) is 12.0 Å². The van der Waals surface area contributed by atoms with Gasteiger partial charge in [0.15, 0.2) is 0 Å². The molecular weight excluding hydrogens is 426 g/mol.